The predicted octanol–water partition coefficient (Wildman–Crippen LogP) is 0.644. The predicted molar refractivity (Wildman–Crippen MR) is 73.7 cm³/mol. The Morgan fingerprint density at radius 2 is 1.94 bits per heavy atom. The van der Waals surface area contributed by atoms with E-state index in [1.54, 1.807) is 0 Å². The lowest BCUT2D eigenvalue weighted by Crippen LogP contribution is -2.50. The van der Waals surface area contributed by atoms with Gasteiger partial charge in [-0.05, 0) is 25.5 Å². The van der Waals surface area contributed by atoms with Crippen molar-refractivity contribution in [2.24, 2.45) is 5.73 Å². The fraction of sp³-hybridized carbons (Fsp3) is 0.692. The van der Waals surface area contributed by atoms with E-state index in [2.05, 4.69) is 33.0 Å². The minimum atomic E-state index is 0.302. The average Bonchev–Trinajstić information content (AvgIpc) is 2.40. The Labute approximate surface area is 109 Å². The van der Waals surface area contributed by atoms with Crippen LogP contribution in [-0.2, 0) is 0 Å². The van der Waals surface area contributed by atoms with Crippen molar-refractivity contribution >= 4 is 5.82 Å². The largest absolute Gasteiger partial charge is 0.353 e. The molecular formula is C13H23N5. The normalized spacial score (nSPS) is 18.9. The Kier molecular flexibility index (Phi) is 4.49. The number of hydrogen-bond acceptors (Lipinski definition) is 5. The molecule has 2 heterocycles. The molecule has 2 N–H and O–H groups in total. The monoisotopic (exact) mass is 249 g/mol. The molecule has 1 atom stereocenters. The maximum Gasteiger partial charge on any atom is 0.151 e. The van der Waals surface area contributed by atoms with Crippen LogP contribution in [0.3, 0.4) is 0 Å². The number of piperazine rings is 1. The molecule has 1 saturated heterocycles. The van der Waals surface area contributed by atoms with Gasteiger partial charge in [-0.25, -0.2) is 0 Å². The highest BCUT2D eigenvalue weighted by molar-refractivity contribution is 5.37. The molecule has 0 amide bonds. The van der Waals surface area contributed by atoms with Gasteiger partial charge < -0.3 is 10.6 Å². The van der Waals surface area contributed by atoms with E-state index in [1.165, 1.54) is 0 Å². The van der Waals surface area contributed by atoms with Gasteiger partial charge in [0.15, 0.2) is 5.82 Å². The fourth-order valence-corrected chi connectivity index (χ4v) is 2.18. The number of aryl methyl sites for hydroxylation is 1. The van der Waals surface area contributed by atoms with E-state index in [1.807, 2.05) is 13.0 Å². The van der Waals surface area contributed by atoms with E-state index in [4.69, 9.17) is 5.73 Å². The number of nitrogens with two attached hydrogens (primary N) is 1. The molecule has 2 rings (SSSR count). The van der Waals surface area contributed by atoms with Crippen LogP contribution in [0.4, 0.5) is 5.82 Å². The van der Waals surface area contributed by atoms with Crippen molar-refractivity contribution in [1.29, 1.82) is 0 Å². The minimum Gasteiger partial charge on any atom is -0.353 e. The number of nitrogens with zero attached hydrogens (tertiary/aromatic N) is 4. The molecule has 1 aliphatic heterocycles. The Bertz CT molecular complexity index is 356. The summed E-state index contributed by atoms with van der Waals surface area (Å²) in [6.07, 6.45) is 1.05. The number of hydrogen-bond donors (Lipinski definition) is 1. The summed E-state index contributed by atoms with van der Waals surface area (Å²) in [7, 11) is 0. The molecule has 0 bridgehead atoms. The molecule has 1 aromatic heterocycles. The second-order valence-corrected chi connectivity index (χ2v) is 4.99. The molecule has 0 aromatic carbocycles. The second kappa shape index (κ2) is 6.11. The molecule has 100 valence electrons. The summed E-state index contributed by atoms with van der Waals surface area (Å²) < 4.78 is 0. The van der Waals surface area contributed by atoms with Crippen molar-refractivity contribution in [3.8, 4) is 0 Å². The van der Waals surface area contributed by atoms with Crippen LogP contribution in [0.2, 0.25) is 0 Å². The van der Waals surface area contributed by atoms with Crippen molar-refractivity contribution in [1.82, 2.24) is 15.1 Å². The third kappa shape index (κ3) is 3.40. The van der Waals surface area contributed by atoms with Crippen LogP contribution in [0, 0.1) is 6.92 Å². The van der Waals surface area contributed by atoms with E-state index >= 15 is 0 Å². The lowest BCUT2D eigenvalue weighted by Gasteiger charge is -2.36. The number of rotatable bonds is 4. The molecule has 0 spiro atoms. The van der Waals surface area contributed by atoms with Crippen LogP contribution in [0.15, 0.2) is 12.1 Å². The molecule has 0 radical (unpaired) electrons. The Morgan fingerprint density at radius 3 is 2.50 bits per heavy atom. The van der Waals surface area contributed by atoms with Gasteiger partial charge in [-0.2, -0.15) is 5.10 Å². The summed E-state index contributed by atoms with van der Waals surface area (Å²) >= 11 is 0. The van der Waals surface area contributed by atoms with Crippen molar-refractivity contribution in [3.63, 3.8) is 0 Å². The van der Waals surface area contributed by atoms with Gasteiger partial charge in [0, 0.05) is 38.8 Å². The van der Waals surface area contributed by atoms with Gasteiger partial charge in [-0.1, -0.05) is 6.92 Å². The van der Waals surface area contributed by atoms with E-state index in [-0.39, 0.29) is 0 Å². The van der Waals surface area contributed by atoms with Gasteiger partial charge in [0.1, 0.15) is 0 Å². The van der Waals surface area contributed by atoms with Gasteiger partial charge >= 0.3 is 0 Å². The van der Waals surface area contributed by atoms with Gasteiger partial charge in [0.2, 0.25) is 0 Å². The van der Waals surface area contributed by atoms with Crippen molar-refractivity contribution < 1.29 is 0 Å². The molecule has 1 fully saturated rings. The Balaban J connectivity index is 1.84. The van der Waals surface area contributed by atoms with E-state index < -0.39 is 0 Å². The van der Waals surface area contributed by atoms with Crippen molar-refractivity contribution in [2.45, 2.75) is 26.3 Å². The van der Waals surface area contributed by atoms with Crippen LogP contribution < -0.4 is 10.6 Å². The summed E-state index contributed by atoms with van der Waals surface area (Å²) in [4.78, 5) is 4.73. The topological polar surface area (TPSA) is 58.3 Å². The SMILES string of the molecule is CCC(N)CN1CCN(c2ccc(C)nn2)CC1. The molecule has 1 unspecified atom stereocenters. The van der Waals surface area contributed by atoms with E-state index in [9.17, 15) is 0 Å². The van der Waals surface area contributed by atoms with Gasteiger partial charge in [-0.15, -0.1) is 5.10 Å². The van der Waals surface area contributed by atoms with Gasteiger partial charge in [0.05, 0.1) is 5.69 Å². The zero-order valence-electron chi connectivity index (χ0n) is 11.3. The third-order valence-electron chi connectivity index (χ3n) is 3.50. The zero-order valence-corrected chi connectivity index (χ0v) is 11.3. The third-order valence-corrected chi connectivity index (χ3v) is 3.50. The van der Waals surface area contributed by atoms with Crippen LogP contribution >= 0.6 is 0 Å². The first-order valence-corrected chi connectivity index (χ1v) is 6.72. The summed E-state index contributed by atoms with van der Waals surface area (Å²) in [5, 5.41) is 8.35. The Morgan fingerprint density at radius 1 is 1.22 bits per heavy atom. The number of anilines is 1. The molecular weight excluding hydrogens is 226 g/mol. The minimum absolute atomic E-state index is 0.302. The summed E-state index contributed by atoms with van der Waals surface area (Å²) in [5.41, 5.74) is 6.95. The molecule has 1 aromatic rings. The average molecular weight is 249 g/mol. The quantitative estimate of drug-likeness (QED) is 0.849. The smallest absolute Gasteiger partial charge is 0.151 e. The number of aromatic nitrogens is 2. The maximum atomic E-state index is 5.99. The summed E-state index contributed by atoms with van der Waals surface area (Å²) in [6.45, 7) is 9.24. The molecule has 0 aliphatic carbocycles. The first-order valence-electron chi connectivity index (χ1n) is 6.72. The van der Waals surface area contributed by atoms with E-state index in [0.717, 1.165) is 50.7 Å². The van der Waals surface area contributed by atoms with Gasteiger partial charge in [0.25, 0.3) is 0 Å². The fourth-order valence-electron chi connectivity index (χ4n) is 2.18. The second-order valence-electron chi connectivity index (χ2n) is 4.99. The molecule has 18 heavy (non-hydrogen) atoms. The highest BCUT2D eigenvalue weighted by Gasteiger charge is 2.19. The standard InChI is InChI=1S/C13H23N5/c1-3-12(14)10-17-6-8-18(9-7-17)13-5-4-11(2)15-16-13/h4-5,12H,3,6-10,14H2,1-2H3. The highest BCUT2D eigenvalue weighted by Crippen LogP contribution is 2.12. The molecule has 0 saturated carbocycles. The molecule has 5 heteroatoms. The molecule has 1 aliphatic rings. The lowest BCUT2D eigenvalue weighted by molar-refractivity contribution is 0.240. The zero-order chi connectivity index (χ0) is 13.0. The maximum absolute atomic E-state index is 5.99. The highest BCUT2D eigenvalue weighted by atomic mass is 15.3. The Hall–Kier alpha value is -1.20. The summed E-state index contributed by atoms with van der Waals surface area (Å²) in [6, 6.07) is 4.37. The first-order chi connectivity index (χ1) is 8.69. The van der Waals surface area contributed by atoms with Gasteiger partial charge in [-0.3, -0.25) is 4.90 Å². The van der Waals surface area contributed by atoms with Crippen molar-refractivity contribution in [2.75, 3.05) is 37.6 Å². The van der Waals surface area contributed by atoms with Crippen molar-refractivity contribution in [3.05, 3.63) is 17.8 Å². The van der Waals surface area contributed by atoms with Crippen LogP contribution in [0.1, 0.15) is 19.0 Å². The summed E-state index contributed by atoms with van der Waals surface area (Å²) in [5.74, 6) is 0.986. The van der Waals surface area contributed by atoms with Crippen LogP contribution in [-0.4, -0.2) is 53.9 Å². The molecule has 5 nitrogen and oxygen atoms in total. The first kappa shape index (κ1) is 13.2. The van der Waals surface area contributed by atoms with Crippen LogP contribution in [0.5, 0.6) is 0 Å². The van der Waals surface area contributed by atoms with Crippen LogP contribution in [0.25, 0.3) is 0 Å². The van der Waals surface area contributed by atoms with E-state index in [0.29, 0.717) is 6.04 Å². The lowest BCUT2D eigenvalue weighted by atomic mass is 10.2.